The molecule has 1 heterocycles. The molecule has 0 aromatic heterocycles. The Hall–Kier alpha value is -0.160. The van der Waals surface area contributed by atoms with Crippen LogP contribution in [0.3, 0.4) is 0 Å². The van der Waals surface area contributed by atoms with Crippen molar-refractivity contribution in [1.29, 1.82) is 0 Å². The van der Waals surface area contributed by atoms with E-state index in [9.17, 15) is 5.11 Å². The molecule has 2 fully saturated rings. The third-order valence-electron chi connectivity index (χ3n) is 5.14. The van der Waals surface area contributed by atoms with Gasteiger partial charge in [0.25, 0.3) is 0 Å². The van der Waals surface area contributed by atoms with E-state index in [-0.39, 0.29) is 12.1 Å². The number of aliphatic hydroxyl groups excluding tert-OH is 1. The first-order valence-electron chi connectivity index (χ1n) is 8.88. The van der Waals surface area contributed by atoms with Crippen molar-refractivity contribution in [3.8, 4) is 0 Å². The second-order valence-electron chi connectivity index (χ2n) is 7.48. The molecule has 2 rings (SSSR count). The highest BCUT2D eigenvalue weighted by molar-refractivity contribution is 4.89. The van der Waals surface area contributed by atoms with E-state index < -0.39 is 0 Å². The molecule has 1 aliphatic carbocycles. The summed E-state index contributed by atoms with van der Waals surface area (Å²) in [5.41, 5.74) is -0.138. The van der Waals surface area contributed by atoms with E-state index in [2.05, 4.69) is 35.9 Å². The SMILES string of the molecule is CCCNC(C)(CO)CC(C)N1CCN(CC2CC2)CC1. The summed E-state index contributed by atoms with van der Waals surface area (Å²) in [4.78, 5) is 5.24. The van der Waals surface area contributed by atoms with Gasteiger partial charge in [-0.05, 0) is 52.0 Å². The molecular weight excluding hydrogens is 262 g/mol. The maximum atomic E-state index is 9.72. The maximum Gasteiger partial charge on any atom is 0.0611 e. The van der Waals surface area contributed by atoms with E-state index in [1.54, 1.807) is 0 Å². The molecule has 1 aliphatic heterocycles. The van der Waals surface area contributed by atoms with Crippen molar-refractivity contribution in [3.05, 3.63) is 0 Å². The van der Waals surface area contributed by atoms with Gasteiger partial charge in [0.15, 0.2) is 0 Å². The van der Waals surface area contributed by atoms with E-state index in [4.69, 9.17) is 0 Å². The van der Waals surface area contributed by atoms with E-state index in [1.807, 2.05) is 0 Å². The minimum atomic E-state index is -0.138. The summed E-state index contributed by atoms with van der Waals surface area (Å²) in [6.07, 6.45) is 5.04. The first kappa shape index (κ1) is 17.2. The Morgan fingerprint density at radius 3 is 2.43 bits per heavy atom. The molecule has 2 atom stereocenters. The van der Waals surface area contributed by atoms with Crippen molar-refractivity contribution >= 4 is 0 Å². The summed E-state index contributed by atoms with van der Waals surface area (Å²) >= 11 is 0. The summed E-state index contributed by atoms with van der Waals surface area (Å²) in [6.45, 7) is 14.0. The van der Waals surface area contributed by atoms with Crippen molar-refractivity contribution < 1.29 is 5.11 Å². The van der Waals surface area contributed by atoms with Crippen LogP contribution in [-0.2, 0) is 0 Å². The molecular formula is C17H35N3O. The van der Waals surface area contributed by atoms with Gasteiger partial charge in [-0.1, -0.05) is 6.92 Å². The fraction of sp³-hybridized carbons (Fsp3) is 1.00. The Morgan fingerprint density at radius 2 is 1.90 bits per heavy atom. The van der Waals surface area contributed by atoms with Crippen molar-refractivity contribution in [2.24, 2.45) is 5.92 Å². The number of nitrogens with zero attached hydrogens (tertiary/aromatic N) is 2. The third kappa shape index (κ3) is 5.51. The van der Waals surface area contributed by atoms with E-state index in [1.165, 1.54) is 45.6 Å². The number of rotatable bonds is 9. The number of hydrogen-bond acceptors (Lipinski definition) is 4. The molecule has 0 spiro atoms. The Balaban J connectivity index is 1.73. The quantitative estimate of drug-likeness (QED) is 0.677. The van der Waals surface area contributed by atoms with E-state index in [0.717, 1.165) is 25.3 Å². The first-order chi connectivity index (χ1) is 10.1. The van der Waals surface area contributed by atoms with Gasteiger partial charge in [0, 0.05) is 44.3 Å². The van der Waals surface area contributed by atoms with Crippen LogP contribution in [0.2, 0.25) is 0 Å². The van der Waals surface area contributed by atoms with Crippen LogP contribution in [0.4, 0.5) is 0 Å². The zero-order valence-electron chi connectivity index (χ0n) is 14.3. The molecule has 2 aliphatic rings. The number of piperazine rings is 1. The third-order valence-corrected chi connectivity index (χ3v) is 5.14. The van der Waals surface area contributed by atoms with Gasteiger partial charge in [-0.2, -0.15) is 0 Å². The Bertz CT molecular complexity index is 300. The molecule has 124 valence electrons. The van der Waals surface area contributed by atoms with Gasteiger partial charge in [-0.3, -0.25) is 4.90 Å². The summed E-state index contributed by atoms with van der Waals surface area (Å²) in [5, 5.41) is 13.2. The number of aliphatic hydroxyl groups is 1. The van der Waals surface area contributed by atoms with Crippen LogP contribution in [0.25, 0.3) is 0 Å². The molecule has 0 amide bonds. The van der Waals surface area contributed by atoms with Crippen LogP contribution < -0.4 is 5.32 Å². The summed E-state index contributed by atoms with van der Waals surface area (Å²) in [6, 6.07) is 0.537. The second kappa shape index (κ2) is 7.91. The molecule has 4 heteroatoms. The van der Waals surface area contributed by atoms with Crippen LogP contribution in [-0.4, -0.2) is 72.4 Å². The summed E-state index contributed by atoms with van der Waals surface area (Å²) in [5.74, 6) is 1.00. The lowest BCUT2D eigenvalue weighted by atomic mass is 9.93. The highest BCUT2D eigenvalue weighted by Crippen LogP contribution is 2.30. The van der Waals surface area contributed by atoms with Crippen molar-refractivity contribution in [2.75, 3.05) is 45.9 Å². The first-order valence-corrected chi connectivity index (χ1v) is 8.88. The monoisotopic (exact) mass is 297 g/mol. The van der Waals surface area contributed by atoms with Gasteiger partial charge >= 0.3 is 0 Å². The van der Waals surface area contributed by atoms with Gasteiger partial charge in [0.1, 0.15) is 0 Å². The smallest absolute Gasteiger partial charge is 0.0611 e. The fourth-order valence-electron chi connectivity index (χ4n) is 3.45. The van der Waals surface area contributed by atoms with Gasteiger partial charge in [-0.15, -0.1) is 0 Å². The molecule has 2 unspecified atom stereocenters. The van der Waals surface area contributed by atoms with Gasteiger partial charge in [0.2, 0.25) is 0 Å². The number of hydrogen-bond donors (Lipinski definition) is 2. The van der Waals surface area contributed by atoms with Crippen LogP contribution in [0, 0.1) is 5.92 Å². The minimum absolute atomic E-state index is 0.138. The lowest BCUT2D eigenvalue weighted by Gasteiger charge is -2.41. The summed E-state index contributed by atoms with van der Waals surface area (Å²) in [7, 11) is 0. The molecule has 0 aromatic rings. The van der Waals surface area contributed by atoms with Crippen LogP contribution in [0.1, 0.15) is 46.5 Å². The summed E-state index contributed by atoms with van der Waals surface area (Å²) < 4.78 is 0. The molecule has 21 heavy (non-hydrogen) atoms. The Labute approximate surface area is 130 Å². The predicted octanol–water partition coefficient (Wildman–Crippen LogP) is 1.54. The largest absolute Gasteiger partial charge is 0.394 e. The average Bonchev–Trinajstić information content (AvgIpc) is 3.30. The number of nitrogens with one attached hydrogen (secondary N) is 1. The standard InChI is InChI=1S/C17H35N3O/c1-4-7-18-17(3,14-21)12-15(2)20-10-8-19(9-11-20)13-16-5-6-16/h15-16,18,21H,4-14H2,1-3H3. The van der Waals surface area contributed by atoms with Crippen molar-refractivity contribution in [3.63, 3.8) is 0 Å². The van der Waals surface area contributed by atoms with Gasteiger partial charge < -0.3 is 15.3 Å². The van der Waals surface area contributed by atoms with Crippen LogP contribution in [0.5, 0.6) is 0 Å². The van der Waals surface area contributed by atoms with Crippen molar-refractivity contribution in [2.45, 2.75) is 58.0 Å². The predicted molar refractivity (Wildman–Crippen MR) is 88.6 cm³/mol. The average molecular weight is 297 g/mol. The lowest BCUT2D eigenvalue weighted by molar-refractivity contribution is 0.0700. The Kier molecular flexibility index (Phi) is 6.48. The highest BCUT2D eigenvalue weighted by Gasteiger charge is 2.31. The molecule has 1 saturated carbocycles. The van der Waals surface area contributed by atoms with E-state index in [0.29, 0.717) is 6.04 Å². The van der Waals surface area contributed by atoms with Gasteiger partial charge in [0.05, 0.1) is 6.61 Å². The van der Waals surface area contributed by atoms with Crippen LogP contribution >= 0.6 is 0 Å². The molecule has 0 aromatic carbocycles. The topological polar surface area (TPSA) is 38.7 Å². The molecule has 1 saturated heterocycles. The maximum absolute atomic E-state index is 9.72. The van der Waals surface area contributed by atoms with Crippen LogP contribution in [0.15, 0.2) is 0 Å². The molecule has 2 N–H and O–H groups in total. The minimum Gasteiger partial charge on any atom is -0.394 e. The lowest BCUT2D eigenvalue weighted by Crippen LogP contribution is -2.54. The fourth-order valence-corrected chi connectivity index (χ4v) is 3.45. The van der Waals surface area contributed by atoms with E-state index >= 15 is 0 Å². The molecule has 0 radical (unpaired) electrons. The second-order valence-corrected chi connectivity index (χ2v) is 7.48. The van der Waals surface area contributed by atoms with Gasteiger partial charge in [-0.25, -0.2) is 0 Å². The Morgan fingerprint density at radius 1 is 1.24 bits per heavy atom. The normalized spacial score (nSPS) is 25.7. The zero-order chi connectivity index (χ0) is 15.3. The molecule has 4 nitrogen and oxygen atoms in total. The highest BCUT2D eigenvalue weighted by atomic mass is 16.3. The van der Waals surface area contributed by atoms with Crippen molar-refractivity contribution in [1.82, 2.24) is 15.1 Å². The zero-order valence-corrected chi connectivity index (χ0v) is 14.3. The molecule has 0 bridgehead atoms.